The molecule has 1 radical (unpaired) electrons. The zero-order valence-electron chi connectivity index (χ0n) is 18.3. The minimum absolute atomic E-state index is 0.254. The second-order valence-corrected chi connectivity index (χ2v) is 7.02. The molecule has 0 aromatic heterocycles. The third kappa shape index (κ3) is 5.82. The van der Waals surface area contributed by atoms with E-state index < -0.39 is 11.8 Å². The Morgan fingerprint density at radius 3 is 1.38 bits per heavy atom. The normalized spacial score (nSPS) is 10.2. The van der Waals surface area contributed by atoms with Crippen molar-refractivity contribution in [1.29, 1.82) is 10.8 Å². The van der Waals surface area contributed by atoms with Crippen molar-refractivity contribution in [3.8, 4) is 23.0 Å². The number of ether oxygens (including phenoxy) is 2. The zero-order chi connectivity index (χ0) is 24.8. The van der Waals surface area contributed by atoms with Gasteiger partial charge < -0.3 is 9.47 Å². The lowest BCUT2D eigenvalue weighted by atomic mass is 10.2. The molecule has 0 bridgehead atoms. The summed E-state index contributed by atoms with van der Waals surface area (Å²) in [5.74, 6) is -0.261. The molecule has 0 heterocycles. The molecule has 0 saturated carbocycles. The van der Waals surface area contributed by atoms with Gasteiger partial charge >= 0.3 is 0 Å². The number of hydroxylamine groups is 4. The lowest BCUT2D eigenvalue weighted by molar-refractivity contribution is -0.147. The van der Waals surface area contributed by atoms with Gasteiger partial charge in [0.25, 0.3) is 0 Å². The predicted molar refractivity (Wildman–Crippen MR) is 121 cm³/mol. The number of benzene rings is 3. The predicted octanol–water partition coefficient (Wildman–Crippen LogP) is 4.20. The Labute approximate surface area is 195 Å². The van der Waals surface area contributed by atoms with E-state index in [1.165, 1.54) is 24.3 Å². The molecule has 2 amide bonds. The maximum Gasteiger partial charge on any atom is 0.249 e. The maximum absolute atomic E-state index is 11.2. The van der Waals surface area contributed by atoms with Gasteiger partial charge in [-0.15, -0.1) is 0 Å². The highest BCUT2D eigenvalue weighted by molar-refractivity contribution is 6.05. The van der Waals surface area contributed by atoms with Crippen molar-refractivity contribution in [3.05, 3.63) is 83.9 Å². The van der Waals surface area contributed by atoms with E-state index in [4.69, 9.17) is 20.3 Å². The molecule has 0 atom stereocenters. The van der Waals surface area contributed by atoms with Crippen molar-refractivity contribution in [1.82, 2.24) is 10.1 Å². The summed E-state index contributed by atoms with van der Waals surface area (Å²) in [5, 5.41) is 35.3. The molecule has 0 aliphatic heterocycles. The van der Waals surface area contributed by atoms with Gasteiger partial charge in [0, 0.05) is 31.0 Å². The van der Waals surface area contributed by atoms with Crippen molar-refractivity contribution >= 4 is 23.5 Å². The van der Waals surface area contributed by atoms with E-state index in [1.54, 1.807) is 42.5 Å². The fourth-order valence-electron chi connectivity index (χ4n) is 2.74. The summed E-state index contributed by atoms with van der Waals surface area (Å²) in [6, 6.07) is 20.3. The fraction of sp³-hybridized carbons (Fsp3) is 0.0833. The summed E-state index contributed by atoms with van der Waals surface area (Å²) in [4.78, 5) is 22.4. The van der Waals surface area contributed by atoms with Crippen LogP contribution in [0.25, 0.3) is 0 Å². The van der Waals surface area contributed by atoms with Crippen LogP contribution in [0.15, 0.2) is 66.7 Å². The maximum atomic E-state index is 11.2. The number of carbonyl (C=O) groups is 2. The average molecular weight is 461 g/mol. The van der Waals surface area contributed by atoms with Crippen molar-refractivity contribution in [2.24, 2.45) is 0 Å². The van der Waals surface area contributed by atoms with Crippen molar-refractivity contribution in [2.75, 3.05) is 0 Å². The molecule has 10 nitrogen and oxygen atoms in total. The Kier molecular flexibility index (Phi) is 7.36. The summed E-state index contributed by atoms with van der Waals surface area (Å²) < 4.78 is 11.6. The molecule has 0 spiro atoms. The molecule has 3 rings (SSSR count). The van der Waals surface area contributed by atoms with E-state index in [1.807, 2.05) is 0 Å². The van der Waals surface area contributed by atoms with Gasteiger partial charge in [-0.05, 0) is 66.7 Å². The first-order valence-electron chi connectivity index (χ1n) is 9.89. The van der Waals surface area contributed by atoms with Gasteiger partial charge in [-0.25, -0.2) is 0 Å². The van der Waals surface area contributed by atoms with Gasteiger partial charge in [0.1, 0.15) is 23.0 Å². The molecule has 3 aromatic carbocycles. The van der Waals surface area contributed by atoms with Crippen LogP contribution in [0, 0.1) is 16.9 Å². The molecular formula is C24H21N4O6. The fourth-order valence-corrected chi connectivity index (χ4v) is 2.74. The number of nitrogens with one attached hydrogen (secondary N) is 2. The molecule has 0 unspecified atom stereocenters. The van der Waals surface area contributed by atoms with E-state index in [-0.39, 0.29) is 21.8 Å². The number of rotatable bonds is 6. The molecule has 4 N–H and O–H groups in total. The smallest absolute Gasteiger partial charge is 0.249 e. The van der Waals surface area contributed by atoms with Crippen molar-refractivity contribution in [2.45, 2.75) is 13.8 Å². The van der Waals surface area contributed by atoms with Crippen LogP contribution >= 0.6 is 0 Å². The lowest BCUT2D eigenvalue weighted by Gasteiger charge is -2.14. The molecule has 173 valence electrons. The van der Waals surface area contributed by atoms with Crippen molar-refractivity contribution in [3.63, 3.8) is 0 Å². The van der Waals surface area contributed by atoms with Crippen LogP contribution in [-0.4, -0.2) is 44.0 Å². The third-order valence-corrected chi connectivity index (χ3v) is 4.48. The van der Waals surface area contributed by atoms with Crippen LogP contribution in [0.2, 0.25) is 0 Å². The molecule has 10 heteroatoms. The van der Waals surface area contributed by atoms with Gasteiger partial charge in [0.05, 0.1) is 0 Å². The van der Waals surface area contributed by atoms with Crippen LogP contribution in [-0.2, 0) is 9.59 Å². The second-order valence-electron chi connectivity index (χ2n) is 7.02. The highest BCUT2D eigenvalue weighted by atomic mass is 16.5. The lowest BCUT2D eigenvalue weighted by Crippen LogP contribution is -2.31. The zero-order valence-corrected chi connectivity index (χ0v) is 18.3. The second kappa shape index (κ2) is 10.4. The Morgan fingerprint density at radius 1 is 0.706 bits per heavy atom. The van der Waals surface area contributed by atoms with E-state index in [9.17, 15) is 20.0 Å². The Bertz CT molecular complexity index is 1130. The Morgan fingerprint density at radius 2 is 1.06 bits per heavy atom. The van der Waals surface area contributed by atoms with Gasteiger partial charge in [0.15, 0.2) is 11.7 Å². The Balaban J connectivity index is 1.66. The highest BCUT2D eigenvalue weighted by Crippen LogP contribution is 2.28. The van der Waals surface area contributed by atoms with Crippen LogP contribution in [0.3, 0.4) is 0 Å². The van der Waals surface area contributed by atoms with Gasteiger partial charge in [-0.3, -0.25) is 30.8 Å². The first-order chi connectivity index (χ1) is 16.2. The number of nitrogens with zero attached hydrogens (tertiary/aromatic N) is 2. The van der Waals surface area contributed by atoms with Crippen LogP contribution < -0.4 is 9.47 Å². The van der Waals surface area contributed by atoms with Crippen LogP contribution in [0.1, 0.15) is 25.0 Å². The molecule has 0 aliphatic rings. The molecular weight excluding hydrogens is 440 g/mol. The largest absolute Gasteiger partial charge is 0.457 e. The van der Waals surface area contributed by atoms with Gasteiger partial charge in [-0.1, -0.05) is 0 Å². The quantitative estimate of drug-likeness (QED) is 0.187. The SMILES string of the molecule is CC(=O)N(O)C(=N)c1ccc(Oc2c[c]cc(Oc3ccc(C(=N)N(O)C(C)=O)cc3)c2)cc1. The van der Waals surface area contributed by atoms with E-state index in [0.717, 1.165) is 13.8 Å². The number of carbonyl (C=O) groups excluding carboxylic acids is 2. The molecule has 0 saturated heterocycles. The van der Waals surface area contributed by atoms with E-state index in [2.05, 4.69) is 6.07 Å². The number of amides is 2. The summed E-state index contributed by atoms with van der Waals surface area (Å²) in [6.45, 7) is 2.29. The summed E-state index contributed by atoms with van der Waals surface area (Å²) in [5.41, 5.74) is 0.663. The van der Waals surface area contributed by atoms with E-state index in [0.29, 0.717) is 34.1 Å². The summed E-state index contributed by atoms with van der Waals surface area (Å²) in [7, 11) is 0. The molecule has 0 fully saturated rings. The van der Waals surface area contributed by atoms with Crippen LogP contribution in [0.4, 0.5) is 0 Å². The average Bonchev–Trinajstić information content (AvgIpc) is 2.83. The topological polar surface area (TPSA) is 147 Å². The number of hydrogen-bond acceptors (Lipinski definition) is 8. The first kappa shape index (κ1) is 24.1. The molecule has 34 heavy (non-hydrogen) atoms. The van der Waals surface area contributed by atoms with Gasteiger partial charge in [0.2, 0.25) is 11.8 Å². The Hall–Kier alpha value is -4.54. The summed E-state index contributed by atoms with van der Waals surface area (Å²) in [6.07, 6.45) is 0. The minimum Gasteiger partial charge on any atom is -0.457 e. The number of amidine groups is 2. The van der Waals surface area contributed by atoms with Crippen molar-refractivity contribution < 1.29 is 29.5 Å². The van der Waals surface area contributed by atoms with Gasteiger partial charge in [-0.2, -0.15) is 10.1 Å². The molecule has 3 aromatic rings. The molecule has 0 aliphatic carbocycles. The summed E-state index contributed by atoms with van der Waals surface area (Å²) >= 11 is 0. The monoisotopic (exact) mass is 461 g/mol. The third-order valence-electron chi connectivity index (χ3n) is 4.48. The minimum atomic E-state index is -0.669. The number of hydrogen-bond donors (Lipinski definition) is 4. The van der Waals surface area contributed by atoms with Crippen LogP contribution in [0.5, 0.6) is 23.0 Å². The highest BCUT2D eigenvalue weighted by Gasteiger charge is 2.15. The first-order valence-corrected chi connectivity index (χ1v) is 9.89. The van der Waals surface area contributed by atoms with E-state index >= 15 is 0 Å². The standard InChI is InChI=1S/C24H21N4O6/c1-15(29)27(31)23(25)17-6-10-19(11-7-17)33-21-4-3-5-22(14-21)34-20-12-8-18(9-13-20)24(26)28(32)16(2)30/h4-14,25-26,31-32H,1-2H3.